The zero-order valence-corrected chi connectivity index (χ0v) is 12.7. The molecule has 0 radical (unpaired) electrons. The third-order valence-electron chi connectivity index (χ3n) is 3.89. The molecule has 0 aromatic rings. The SMILES string of the molecule is CNCC(=O)N1CC(O)CN1C(=O)N1CC(O)CC1C(C)=O. The van der Waals surface area contributed by atoms with Crippen LogP contribution in [0, 0.1) is 0 Å². The lowest BCUT2D eigenvalue weighted by molar-refractivity contribution is -0.139. The van der Waals surface area contributed by atoms with E-state index in [2.05, 4.69) is 5.32 Å². The molecule has 2 aliphatic rings. The second-order valence-corrected chi connectivity index (χ2v) is 5.69. The Kier molecular flexibility index (Phi) is 4.99. The first-order chi connectivity index (χ1) is 10.3. The summed E-state index contributed by atoms with van der Waals surface area (Å²) in [6, 6.07) is -1.24. The third kappa shape index (κ3) is 3.21. The molecule has 0 bridgehead atoms. The van der Waals surface area contributed by atoms with Crippen molar-refractivity contribution in [1.29, 1.82) is 0 Å². The van der Waals surface area contributed by atoms with Crippen LogP contribution in [0.2, 0.25) is 0 Å². The fourth-order valence-corrected chi connectivity index (χ4v) is 2.87. The van der Waals surface area contributed by atoms with Gasteiger partial charge in [0.15, 0.2) is 5.78 Å². The first kappa shape index (κ1) is 16.7. The largest absolute Gasteiger partial charge is 0.391 e. The number of aliphatic hydroxyl groups excluding tert-OH is 2. The van der Waals surface area contributed by atoms with Crippen molar-refractivity contribution in [3.63, 3.8) is 0 Å². The maximum Gasteiger partial charge on any atom is 0.339 e. The summed E-state index contributed by atoms with van der Waals surface area (Å²) in [5.41, 5.74) is 0. The molecule has 0 saturated carbocycles. The molecule has 2 fully saturated rings. The fourth-order valence-electron chi connectivity index (χ4n) is 2.87. The van der Waals surface area contributed by atoms with E-state index in [1.165, 1.54) is 16.8 Å². The van der Waals surface area contributed by atoms with E-state index in [0.29, 0.717) is 0 Å². The van der Waals surface area contributed by atoms with Gasteiger partial charge >= 0.3 is 6.03 Å². The average Bonchev–Trinajstić information content (AvgIpc) is 3.01. The molecule has 9 nitrogen and oxygen atoms in total. The zero-order valence-electron chi connectivity index (χ0n) is 12.7. The molecule has 3 atom stereocenters. The van der Waals surface area contributed by atoms with Crippen molar-refractivity contribution >= 4 is 17.7 Å². The van der Waals surface area contributed by atoms with E-state index in [1.54, 1.807) is 7.05 Å². The van der Waals surface area contributed by atoms with E-state index < -0.39 is 24.3 Å². The van der Waals surface area contributed by atoms with Crippen molar-refractivity contribution < 1.29 is 24.6 Å². The Morgan fingerprint density at radius 3 is 2.32 bits per heavy atom. The van der Waals surface area contributed by atoms with Gasteiger partial charge in [0.25, 0.3) is 5.91 Å². The molecule has 0 aromatic heterocycles. The lowest BCUT2D eigenvalue weighted by atomic mass is 10.1. The number of ketones is 1. The van der Waals surface area contributed by atoms with Gasteiger partial charge in [-0.15, -0.1) is 0 Å². The normalized spacial score (nSPS) is 28.4. The molecule has 2 heterocycles. The molecule has 3 N–H and O–H groups in total. The number of rotatable bonds is 3. The van der Waals surface area contributed by atoms with E-state index in [0.717, 1.165) is 5.01 Å². The maximum atomic E-state index is 12.6. The Morgan fingerprint density at radius 1 is 1.09 bits per heavy atom. The number of β-amino-alcohol motifs (C(OH)–C–C–N with tert-alkyl or cyclic N) is 2. The minimum atomic E-state index is -0.826. The number of nitrogens with one attached hydrogen (secondary N) is 1. The van der Waals surface area contributed by atoms with Gasteiger partial charge in [0.1, 0.15) is 0 Å². The maximum absolute atomic E-state index is 12.6. The molecule has 3 amide bonds. The number of carbonyl (C=O) groups excluding carboxylic acids is 3. The number of amides is 3. The number of carbonyl (C=O) groups is 3. The highest BCUT2D eigenvalue weighted by atomic mass is 16.3. The van der Waals surface area contributed by atoms with Crippen LogP contribution in [0.1, 0.15) is 13.3 Å². The topological polar surface area (TPSA) is 113 Å². The van der Waals surface area contributed by atoms with Gasteiger partial charge in [-0.05, 0) is 14.0 Å². The summed E-state index contributed by atoms with van der Waals surface area (Å²) in [6.07, 6.45) is -1.39. The van der Waals surface area contributed by atoms with Crippen LogP contribution in [0.25, 0.3) is 0 Å². The molecule has 2 aliphatic heterocycles. The number of aliphatic hydroxyl groups is 2. The highest BCUT2D eigenvalue weighted by Gasteiger charge is 2.43. The number of Topliss-reactive ketones (excluding diaryl/α,β-unsaturated/α-hetero) is 1. The molecule has 2 saturated heterocycles. The summed E-state index contributed by atoms with van der Waals surface area (Å²) in [5, 5.41) is 24.5. The molecule has 3 unspecified atom stereocenters. The summed E-state index contributed by atoms with van der Waals surface area (Å²) in [4.78, 5) is 37.6. The summed E-state index contributed by atoms with van der Waals surface area (Å²) in [6.45, 7) is 1.48. The minimum absolute atomic E-state index is 0.00842. The van der Waals surface area contributed by atoms with Crippen LogP contribution < -0.4 is 5.32 Å². The van der Waals surface area contributed by atoms with Crippen LogP contribution in [0.15, 0.2) is 0 Å². The van der Waals surface area contributed by atoms with E-state index in [9.17, 15) is 24.6 Å². The lowest BCUT2D eigenvalue weighted by Crippen LogP contribution is -2.54. The average molecular weight is 314 g/mol. The van der Waals surface area contributed by atoms with Gasteiger partial charge in [-0.2, -0.15) is 0 Å². The van der Waals surface area contributed by atoms with Crippen molar-refractivity contribution in [1.82, 2.24) is 20.2 Å². The molecular weight excluding hydrogens is 292 g/mol. The summed E-state index contributed by atoms with van der Waals surface area (Å²) in [5.74, 6) is -0.552. The number of nitrogens with zero attached hydrogens (tertiary/aromatic N) is 3. The fraction of sp³-hybridized carbons (Fsp3) is 0.769. The summed E-state index contributed by atoms with van der Waals surface area (Å²) < 4.78 is 0. The Bertz CT molecular complexity index is 471. The third-order valence-corrected chi connectivity index (χ3v) is 3.89. The standard InChI is InChI=1S/C13H22N4O5/c1-8(18)11-3-9(19)5-15(11)13(22)17-7-10(20)6-16(17)12(21)4-14-2/h9-11,14,19-20H,3-7H2,1-2H3. The van der Waals surface area contributed by atoms with Crippen LogP contribution in [0.3, 0.4) is 0 Å². The van der Waals surface area contributed by atoms with Gasteiger partial charge in [-0.1, -0.05) is 0 Å². The molecular formula is C13H22N4O5. The Labute approximate surface area is 128 Å². The first-order valence-electron chi connectivity index (χ1n) is 7.24. The van der Waals surface area contributed by atoms with Crippen LogP contribution in [-0.4, -0.2) is 94.3 Å². The van der Waals surface area contributed by atoms with E-state index in [-0.39, 0.29) is 44.3 Å². The number of hydrazine groups is 1. The highest BCUT2D eigenvalue weighted by Crippen LogP contribution is 2.23. The van der Waals surface area contributed by atoms with E-state index in [4.69, 9.17) is 0 Å². The molecule has 124 valence electrons. The minimum Gasteiger partial charge on any atom is -0.391 e. The van der Waals surface area contributed by atoms with Crippen molar-refractivity contribution in [3.8, 4) is 0 Å². The Morgan fingerprint density at radius 2 is 1.73 bits per heavy atom. The van der Waals surface area contributed by atoms with Crippen LogP contribution in [0.4, 0.5) is 4.79 Å². The Balaban J connectivity index is 2.15. The van der Waals surface area contributed by atoms with Gasteiger partial charge in [-0.25, -0.2) is 14.8 Å². The van der Waals surface area contributed by atoms with Crippen molar-refractivity contribution in [2.75, 3.05) is 33.2 Å². The molecule has 22 heavy (non-hydrogen) atoms. The quantitative estimate of drug-likeness (QED) is 0.543. The summed E-state index contributed by atoms with van der Waals surface area (Å²) >= 11 is 0. The second-order valence-electron chi connectivity index (χ2n) is 5.69. The van der Waals surface area contributed by atoms with Crippen LogP contribution >= 0.6 is 0 Å². The van der Waals surface area contributed by atoms with Crippen molar-refractivity contribution in [2.45, 2.75) is 31.6 Å². The zero-order chi connectivity index (χ0) is 16.4. The number of urea groups is 1. The highest BCUT2D eigenvalue weighted by molar-refractivity contribution is 5.89. The van der Waals surface area contributed by atoms with Crippen LogP contribution in [0.5, 0.6) is 0 Å². The number of hydrogen-bond donors (Lipinski definition) is 3. The van der Waals surface area contributed by atoms with Gasteiger partial charge < -0.3 is 20.4 Å². The summed E-state index contributed by atoms with van der Waals surface area (Å²) in [7, 11) is 1.61. The number of hydrogen-bond acceptors (Lipinski definition) is 6. The van der Waals surface area contributed by atoms with Crippen molar-refractivity contribution in [2.24, 2.45) is 0 Å². The predicted molar refractivity (Wildman–Crippen MR) is 75.5 cm³/mol. The number of likely N-dealkylation sites (N-methyl/N-ethyl adjacent to an activating group) is 1. The molecule has 0 aliphatic carbocycles. The lowest BCUT2D eigenvalue weighted by Gasteiger charge is -2.33. The molecule has 0 spiro atoms. The van der Waals surface area contributed by atoms with Gasteiger partial charge in [-0.3, -0.25) is 9.59 Å². The smallest absolute Gasteiger partial charge is 0.339 e. The van der Waals surface area contributed by atoms with Gasteiger partial charge in [0.2, 0.25) is 0 Å². The Hall–Kier alpha value is -1.71. The van der Waals surface area contributed by atoms with Gasteiger partial charge in [0, 0.05) is 13.0 Å². The van der Waals surface area contributed by atoms with Crippen LogP contribution in [-0.2, 0) is 9.59 Å². The molecule has 0 aromatic carbocycles. The number of likely N-dealkylation sites (tertiary alicyclic amines) is 1. The molecule has 2 rings (SSSR count). The first-order valence-corrected chi connectivity index (χ1v) is 7.24. The monoisotopic (exact) mass is 314 g/mol. The van der Waals surface area contributed by atoms with Gasteiger partial charge in [0.05, 0.1) is 37.9 Å². The van der Waals surface area contributed by atoms with Crippen molar-refractivity contribution in [3.05, 3.63) is 0 Å². The second kappa shape index (κ2) is 6.59. The van der Waals surface area contributed by atoms with E-state index >= 15 is 0 Å². The van der Waals surface area contributed by atoms with E-state index in [1.807, 2.05) is 0 Å². The molecule has 9 heteroatoms. The predicted octanol–water partition coefficient (Wildman–Crippen LogP) is -2.23.